The van der Waals surface area contributed by atoms with E-state index in [2.05, 4.69) is 25.6 Å². The molecule has 1 aliphatic heterocycles. The number of carbonyl (C=O) groups excluding carboxylic acids is 1. The van der Waals surface area contributed by atoms with Gasteiger partial charge in [-0.2, -0.15) is 0 Å². The standard InChI is InChI=1S/C16H19N5OS/c22-15(12-5-8-18-14(20-12)11-1-2-11)21-16-19-9-13(23-16)10-3-6-17-7-4-10/h5,8-11,17H,1-4,6-7H2,(H,19,21,22). The summed E-state index contributed by atoms with van der Waals surface area (Å²) in [6, 6.07) is 1.66. The number of nitrogens with zero attached hydrogens (tertiary/aromatic N) is 3. The van der Waals surface area contributed by atoms with E-state index in [9.17, 15) is 4.79 Å². The zero-order chi connectivity index (χ0) is 15.6. The fourth-order valence-electron chi connectivity index (χ4n) is 2.84. The number of nitrogens with one attached hydrogen (secondary N) is 2. The molecule has 4 rings (SSSR count). The molecule has 1 saturated heterocycles. The van der Waals surface area contributed by atoms with Crippen LogP contribution in [0.1, 0.15) is 58.7 Å². The van der Waals surface area contributed by atoms with Crippen LogP contribution in [0.4, 0.5) is 5.13 Å². The smallest absolute Gasteiger partial charge is 0.276 e. The molecule has 2 aromatic rings. The molecule has 2 aliphatic rings. The van der Waals surface area contributed by atoms with Gasteiger partial charge in [0.2, 0.25) is 0 Å². The predicted molar refractivity (Wildman–Crippen MR) is 88.9 cm³/mol. The summed E-state index contributed by atoms with van der Waals surface area (Å²) in [5.74, 6) is 1.57. The number of thiazole rings is 1. The molecule has 0 bridgehead atoms. The lowest BCUT2D eigenvalue weighted by molar-refractivity contribution is 0.102. The molecule has 2 N–H and O–H groups in total. The Morgan fingerprint density at radius 2 is 2.00 bits per heavy atom. The highest BCUT2D eigenvalue weighted by atomic mass is 32.1. The first-order valence-corrected chi connectivity index (χ1v) is 8.92. The Morgan fingerprint density at radius 1 is 1.17 bits per heavy atom. The van der Waals surface area contributed by atoms with E-state index in [1.165, 1.54) is 4.88 Å². The number of hydrogen-bond acceptors (Lipinski definition) is 6. The molecule has 1 aliphatic carbocycles. The first-order valence-electron chi connectivity index (χ1n) is 8.10. The molecule has 0 unspecified atom stereocenters. The van der Waals surface area contributed by atoms with Gasteiger partial charge in [0, 0.05) is 23.2 Å². The molecule has 0 aromatic carbocycles. The molecule has 120 valence electrons. The van der Waals surface area contributed by atoms with Crippen LogP contribution in [0.2, 0.25) is 0 Å². The number of anilines is 1. The van der Waals surface area contributed by atoms with Gasteiger partial charge >= 0.3 is 0 Å². The number of rotatable bonds is 4. The number of amides is 1. The van der Waals surface area contributed by atoms with Gasteiger partial charge in [-0.25, -0.2) is 15.0 Å². The van der Waals surface area contributed by atoms with Crippen LogP contribution >= 0.6 is 11.3 Å². The van der Waals surface area contributed by atoms with Crippen molar-refractivity contribution in [2.24, 2.45) is 0 Å². The third-order valence-corrected chi connectivity index (χ3v) is 5.41. The molecule has 0 atom stereocenters. The van der Waals surface area contributed by atoms with E-state index in [0.29, 0.717) is 22.7 Å². The van der Waals surface area contributed by atoms with E-state index in [-0.39, 0.29) is 5.91 Å². The van der Waals surface area contributed by atoms with Crippen LogP contribution in [0.3, 0.4) is 0 Å². The Bertz CT molecular complexity index is 706. The molecule has 0 radical (unpaired) electrons. The van der Waals surface area contributed by atoms with Gasteiger partial charge in [0.05, 0.1) is 0 Å². The van der Waals surface area contributed by atoms with E-state index in [1.54, 1.807) is 23.6 Å². The second kappa shape index (κ2) is 6.33. The van der Waals surface area contributed by atoms with Gasteiger partial charge < -0.3 is 5.32 Å². The van der Waals surface area contributed by atoms with Crippen molar-refractivity contribution in [1.29, 1.82) is 0 Å². The molecular formula is C16H19N5OS. The number of aromatic nitrogens is 3. The average Bonchev–Trinajstić information content (AvgIpc) is 3.35. The zero-order valence-corrected chi connectivity index (χ0v) is 13.6. The van der Waals surface area contributed by atoms with Crippen LogP contribution in [-0.4, -0.2) is 33.9 Å². The Balaban J connectivity index is 1.44. The minimum Gasteiger partial charge on any atom is -0.317 e. The first-order chi connectivity index (χ1) is 11.3. The third kappa shape index (κ3) is 3.40. The first kappa shape index (κ1) is 14.7. The molecule has 2 fully saturated rings. The second-order valence-corrected chi connectivity index (χ2v) is 7.18. The lowest BCUT2D eigenvalue weighted by Crippen LogP contribution is -2.26. The highest BCUT2D eigenvalue weighted by Crippen LogP contribution is 2.37. The van der Waals surface area contributed by atoms with E-state index in [4.69, 9.17) is 0 Å². The minimum absolute atomic E-state index is 0.208. The Morgan fingerprint density at radius 3 is 2.78 bits per heavy atom. The van der Waals surface area contributed by atoms with Crippen LogP contribution in [0, 0.1) is 0 Å². The van der Waals surface area contributed by atoms with Crippen molar-refractivity contribution in [2.75, 3.05) is 18.4 Å². The number of hydrogen-bond donors (Lipinski definition) is 2. The molecule has 0 spiro atoms. The Hall–Kier alpha value is -1.86. The Kier molecular flexibility index (Phi) is 4.05. The maximum absolute atomic E-state index is 12.4. The fourth-order valence-corrected chi connectivity index (χ4v) is 3.82. The molecule has 1 saturated carbocycles. The van der Waals surface area contributed by atoms with Crippen LogP contribution in [0.25, 0.3) is 0 Å². The monoisotopic (exact) mass is 329 g/mol. The normalized spacial score (nSPS) is 18.8. The summed E-state index contributed by atoms with van der Waals surface area (Å²) in [6.07, 6.45) is 8.07. The third-order valence-electron chi connectivity index (χ3n) is 4.33. The molecule has 7 heteroatoms. The SMILES string of the molecule is O=C(Nc1ncc(C2CCNCC2)s1)c1ccnc(C2CC2)n1. The van der Waals surface area contributed by atoms with E-state index in [1.807, 2.05) is 6.20 Å². The van der Waals surface area contributed by atoms with Gasteiger partial charge in [-0.1, -0.05) is 0 Å². The molecule has 3 heterocycles. The zero-order valence-electron chi connectivity index (χ0n) is 12.8. The highest BCUT2D eigenvalue weighted by Gasteiger charge is 2.27. The maximum Gasteiger partial charge on any atom is 0.276 e. The van der Waals surface area contributed by atoms with Crippen molar-refractivity contribution >= 4 is 22.4 Å². The lowest BCUT2D eigenvalue weighted by Gasteiger charge is -2.20. The van der Waals surface area contributed by atoms with Crippen LogP contribution in [0.15, 0.2) is 18.5 Å². The topological polar surface area (TPSA) is 79.8 Å². The molecule has 6 nitrogen and oxygen atoms in total. The van der Waals surface area contributed by atoms with E-state index < -0.39 is 0 Å². The Labute approximate surface area is 138 Å². The maximum atomic E-state index is 12.4. The van der Waals surface area contributed by atoms with Crippen LogP contribution < -0.4 is 10.6 Å². The summed E-state index contributed by atoms with van der Waals surface area (Å²) in [5, 5.41) is 6.88. The fraction of sp³-hybridized carbons (Fsp3) is 0.500. The number of carbonyl (C=O) groups is 1. The highest BCUT2D eigenvalue weighted by molar-refractivity contribution is 7.15. The second-order valence-electron chi connectivity index (χ2n) is 6.12. The van der Waals surface area contributed by atoms with Gasteiger partial charge in [0.25, 0.3) is 5.91 Å². The van der Waals surface area contributed by atoms with Gasteiger partial charge in [-0.15, -0.1) is 11.3 Å². The van der Waals surface area contributed by atoms with Gasteiger partial charge in [0.15, 0.2) is 5.13 Å². The van der Waals surface area contributed by atoms with Crippen LogP contribution in [0.5, 0.6) is 0 Å². The summed E-state index contributed by atoms with van der Waals surface area (Å²) in [6.45, 7) is 2.10. The van der Waals surface area contributed by atoms with Crippen molar-refractivity contribution in [2.45, 2.75) is 37.5 Å². The van der Waals surface area contributed by atoms with Crippen molar-refractivity contribution in [3.05, 3.63) is 34.9 Å². The van der Waals surface area contributed by atoms with Gasteiger partial charge in [0.1, 0.15) is 11.5 Å². The van der Waals surface area contributed by atoms with Crippen molar-refractivity contribution in [3.8, 4) is 0 Å². The van der Waals surface area contributed by atoms with Gasteiger partial charge in [-0.3, -0.25) is 10.1 Å². The average molecular weight is 329 g/mol. The summed E-state index contributed by atoms with van der Waals surface area (Å²) < 4.78 is 0. The largest absolute Gasteiger partial charge is 0.317 e. The van der Waals surface area contributed by atoms with Crippen molar-refractivity contribution < 1.29 is 4.79 Å². The molecule has 1 amide bonds. The van der Waals surface area contributed by atoms with Crippen molar-refractivity contribution in [1.82, 2.24) is 20.3 Å². The predicted octanol–water partition coefficient (Wildman–Crippen LogP) is 2.53. The molecule has 2 aromatic heterocycles. The van der Waals surface area contributed by atoms with E-state index in [0.717, 1.165) is 44.6 Å². The summed E-state index contributed by atoms with van der Waals surface area (Å²) in [7, 11) is 0. The van der Waals surface area contributed by atoms with Crippen LogP contribution in [-0.2, 0) is 0 Å². The summed E-state index contributed by atoms with van der Waals surface area (Å²) in [5.41, 5.74) is 0.417. The number of piperidine rings is 1. The summed E-state index contributed by atoms with van der Waals surface area (Å²) >= 11 is 1.57. The quantitative estimate of drug-likeness (QED) is 0.901. The van der Waals surface area contributed by atoms with E-state index >= 15 is 0 Å². The minimum atomic E-state index is -0.208. The van der Waals surface area contributed by atoms with Crippen molar-refractivity contribution in [3.63, 3.8) is 0 Å². The van der Waals surface area contributed by atoms with Gasteiger partial charge in [-0.05, 0) is 50.8 Å². The lowest BCUT2D eigenvalue weighted by atomic mass is 9.97. The molecular weight excluding hydrogens is 310 g/mol. The summed E-state index contributed by atoms with van der Waals surface area (Å²) in [4.78, 5) is 26.6. The molecule has 23 heavy (non-hydrogen) atoms.